The number of aromatic nitrogens is 2. The SMILES string of the molecule is O=c1[nH]c(O)c(C2=Nc3cccc4cccc2c34)c(=O)[nH]1. The van der Waals surface area contributed by atoms with E-state index in [1.165, 1.54) is 0 Å². The lowest BCUT2D eigenvalue weighted by Gasteiger charge is -2.04. The van der Waals surface area contributed by atoms with Gasteiger partial charge in [-0.2, -0.15) is 0 Å². The van der Waals surface area contributed by atoms with Gasteiger partial charge in [0.2, 0.25) is 5.88 Å². The maximum absolute atomic E-state index is 12.0. The van der Waals surface area contributed by atoms with Gasteiger partial charge in [0.1, 0.15) is 5.56 Å². The van der Waals surface area contributed by atoms with E-state index in [-0.39, 0.29) is 5.56 Å². The molecule has 0 saturated heterocycles. The zero-order valence-corrected chi connectivity index (χ0v) is 10.7. The standard InChI is InChI=1S/C15H9N3O3/c19-13-11(14(20)18-15(21)17-13)12-8-5-1-3-7-4-2-6-9(16-12)10(7)8/h1-6H,(H3,17,18,19,20,21). The number of rotatable bonds is 1. The van der Waals surface area contributed by atoms with E-state index in [9.17, 15) is 14.7 Å². The average Bonchev–Trinajstić information content (AvgIpc) is 2.79. The minimum absolute atomic E-state index is 0.0294. The third-order valence-electron chi connectivity index (χ3n) is 3.53. The first kappa shape index (κ1) is 11.7. The molecular formula is C15H9N3O3. The highest BCUT2D eigenvalue weighted by Crippen LogP contribution is 2.37. The van der Waals surface area contributed by atoms with E-state index in [0.29, 0.717) is 5.71 Å². The van der Waals surface area contributed by atoms with Gasteiger partial charge < -0.3 is 5.11 Å². The second-order valence-corrected chi connectivity index (χ2v) is 4.77. The van der Waals surface area contributed by atoms with E-state index >= 15 is 0 Å². The van der Waals surface area contributed by atoms with E-state index in [1.54, 1.807) is 0 Å². The van der Waals surface area contributed by atoms with Crippen LogP contribution in [0.3, 0.4) is 0 Å². The highest BCUT2D eigenvalue weighted by Gasteiger charge is 2.24. The summed E-state index contributed by atoms with van der Waals surface area (Å²) >= 11 is 0. The molecule has 1 aliphatic rings. The van der Waals surface area contributed by atoms with Crippen molar-refractivity contribution in [3.05, 3.63) is 68.4 Å². The molecule has 102 valence electrons. The molecule has 0 aliphatic carbocycles. The first-order valence-corrected chi connectivity index (χ1v) is 6.32. The predicted molar refractivity (Wildman–Crippen MR) is 78.6 cm³/mol. The average molecular weight is 279 g/mol. The van der Waals surface area contributed by atoms with E-state index in [0.717, 1.165) is 22.0 Å². The Hall–Kier alpha value is -3.15. The topological polar surface area (TPSA) is 98.3 Å². The van der Waals surface area contributed by atoms with Crippen molar-refractivity contribution < 1.29 is 5.11 Å². The molecule has 0 spiro atoms. The summed E-state index contributed by atoms with van der Waals surface area (Å²) < 4.78 is 0. The lowest BCUT2D eigenvalue weighted by atomic mass is 9.99. The van der Waals surface area contributed by atoms with Gasteiger partial charge >= 0.3 is 5.69 Å². The van der Waals surface area contributed by atoms with Gasteiger partial charge in [0, 0.05) is 10.9 Å². The molecule has 3 N–H and O–H groups in total. The summed E-state index contributed by atoms with van der Waals surface area (Å²) in [5.74, 6) is -0.479. The van der Waals surface area contributed by atoms with Gasteiger partial charge in [0.25, 0.3) is 5.56 Å². The van der Waals surface area contributed by atoms with E-state index in [1.807, 2.05) is 36.4 Å². The summed E-state index contributed by atoms with van der Waals surface area (Å²) in [4.78, 5) is 31.9. The molecule has 0 unspecified atom stereocenters. The molecule has 0 radical (unpaired) electrons. The molecule has 2 heterocycles. The number of aliphatic imine (C=N–C) groups is 1. The second-order valence-electron chi connectivity index (χ2n) is 4.77. The van der Waals surface area contributed by atoms with Crippen LogP contribution in [0.2, 0.25) is 0 Å². The van der Waals surface area contributed by atoms with Crippen LogP contribution in [0.15, 0.2) is 51.0 Å². The quantitative estimate of drug-likeness (QED) is 0.491. The Balaban J connectivity index is 2.09. The number of hydrogen-bond acceptors (Lipinski definition) is 4. The van der Waals surface area contributed by atoms with Gasteiger partial charge in [-0.25, -0.2) is 9.79 Å². The number of nitrogens with zero attached hydrogens (tertiary/aromatic N) is 1. The van der Waals surface area contributed by atoms with Crippen LogP contribution in [-0.4, -0.2) is 20.8 Å². The Morgan fingerprint density at radius 3 is 2.52 bits per heavy atom. The number of aromatic amines is 2. The number of nitrogens with one attached hydrogen (secondary N) is 2. The number of H-pyrrole nitrogens is 2. The largest absolute Gasteiger partial charge is 0.494 e. The molecular weight excluding hydrogens is 270 g/mol. The molecule has 1 aliphatic heterocycles. The number of benzene rings is 2. The molecule has 0 bridgehead atoms. The van der Waals surface area contributed by atoms with Crippen molar-refractivity contribution in [1.82, 2.24) is 9.97 Å². The molecule has 4 rings (SSSR count). The Morgan fingerprint density at radius 1 is 1.00 bits per heavy atom. The van der Waals surface area contributed by atoms with Gasteiger partial charge in [-0.3, -0.25) is 14.8 Å². The van der Waals surface area contributed by atoms with Gasteiger partial charge in [-0.05, 0) is 11.5 Å². The van der Waals surface area contributed by atoms with Crippen molar-refractivity contribution in [3.8, 4) is 5.88 Å². The predicted octanol–water partition coefficient (Wildman–Crippen LogP) is 1.40. The molecule has 0 saturated carbocycles. The summed E-state index contributed by atoms with van der Waals surface area (Å²) in [6, 6.07) is 11.3. The van der Waals surface area contributed by atoms with Crippen molar-refractivity contribution in [1.29, 1.82) is 0 Å². The van der Waals surface area contributed by atoms with Crippen LogP contribution in [0.4, 0.5) is 5.69 Å². The summed E-state index contributed by atoms with van der Waals surface area (Å²) in [5, 5.41) is 11.8. The molecule has 21 heavy (non-hydrogen) atoms. The lowest BCUT2D eigenvalue weighted by molar-refractivity contribution is 0.447. The Kier molecular flexibility index (Phi) is 2.18. The monoisotopic (exact) mass is 279 g/mol. The van der Waals surface area contributed by atoms with Gasteiger partial charge in [0.15, 0.2) is 0 Å². The molecule has 0 amide bonds. The highest BCUT2D eigenvalue weighted by atomic mass is 16.3. The van der Waals surface area contributed by atoms with Crippen LogP contribution in [0.1, 0.15) is 11.1 Å². The normalized spacial score (nSPS) is 12.7. The van der Waals surface area contributed by atoms with Crippen LogP contribution in [0.5, 0.6) is 5.88 Å². The maximum Gasteiger partial charge on any atom is 0.328 e. The summed E-state index contributed by atoms with van der Waals surface area (Å²) in [7, 11) is 0. The van der Waals surface area contributed by atoms with Crippen molar-refractivity contribution >= 4 is 22.2 Å². The number of hydrogen-bond donors (Lipinski definition) is 3. The molecule has 0 atom stereocenters. The summed E-state index contributed by atoms with van der Waals surface area (Å²) in [6.07, 6.45) is 0. The maximum atomic E-state index is 12.0. The van der Waals surface area contributed by atoms with E-state index in [4.69, 9.17) is 0 Å². The van der Waals surface area contributed by atoms with Crippen molar-refractivity contribution in [2.75, 3.05) is 0 Å². The van der Waals surface area contributed by atoms with E-state index < -0.39 is 17.1 Å². The molecule has 3 aromatic rings. The Labute approximate surface area is 117 Å². The third-order valence-corrected chi connectivity index (χ3v) is 3.53. The minimum atomic E-state index is -0.754. The summed E-state index contributed by atoms with van der Waals surface area (Å²) in [5.41, 5.74) is 0.407. The van der Waals surface area contributed by atoms with E-state index in [2.05, 4.69) is 15.0 Å². The van der Waals surface area contributed by atoms with Crippen LogP contribution in [-0.2, 0) is 0 Å². The highest BCUT2D eigenvalue weighted by molar-refractivity contribution is 6.26. The van der Waals surface area contributed by atoms with Crippen molar-refractivity contribution in [2.45, 2.75) is 0 Å². The first-order valence-electron chi connectivity index (χ1n) is 6.32. The van der Waals surface area contributed by atoms with Crippen LogP contribution >= 0.6 is 0 Å². The van der Waals surface area contributed by atoms with Crippen molar-refractivity contribution in [2.24, 2.45) is 4.99 Å². The third kappa shape index (κ3) is 1.56. The molecule has 6 nitrogen and oxygen atoms in total. The Morgan fingerprint density at radius 2 is 1.76 bits per heavy atom. The number of aromatic hydroxyl groups is 1. The lowest BCUT2D eigenvalue weighted by Crippen LogP contribution is -2.27. The summed E-state index contributed by atoms with van der Waals surface area (Å²) in [6.45, 7) is 0. The van der Waals surface area contributed by atoms with Crippen molar-refractivity contribution in [3.63, 3.8) is 0 Å². The van der Waals surface area contributed by atoms with Gasteiger partial charge in [-0.15, -0.1) is 0 Å². The fourth-order valence-corrected chi connectivity index (χ4v) is 2.68. The molecule has 2 aromatic carbocycles. The second kappa shape index (κ2) is 3.92. The molecule has 1 aromatic heterocycles. The zero-order valence-electron chi connectivity index (χ0n) is 10.7. The fraction of sp³-hybridized carbons (Fsp3) is 0. The zero-order chi connectivity index (χ0) is 14.6. The fourth-order valence-electron chi connectivity index (χ4n) is 2.68. The Bertz CT molecular complexity index is 1040. The smallest absolute Gasteiger partial charge is 0.328 e. The molecule has 0 fully saturated rings. The molecule has 6 heteroatoms. The van der Waals surface area contributed by atoms with Crippen LogP contribution in [0.25, 0.3) is 10.8 Å². The minimum Gasteiger partial charge on any atom is -0.494 e. The van der Waals surface area contributed by atoms with Gasteiger partial charge in [0.05, 0.1) is 11.4 Å². The first-order chi connectivity index (χ1) is 10.1. The van der Waals surface area contributed by atoms with Crippen LogP contribution in [0, 0.1) is 0 Å². The van der Waals surface area contributed by atoms with Crippen LogP contribution < -0.4 is 11.2 Å². The van der Waals surface area contributed by atoms with Gasteiger partial charge in [-0.1, -0.05) is 30.3 Å².